The van der Waals surface area contributed by atoms with Crippen molar-refractivity contribution in [2.75, 3.05) is 25.5 Å². The molecule has 0 unspecified atom stereocenters. The van der Waals surface area contributed by atoms with Crippen molar-refractivity contribution in [2.24, 2.45) is 5.41 Å². The van der Waals surface area contributed by atoms with E-state index in [0.29, 0.717) is 20.9 Å². The van der Waals surface area contributed by atoms with E-state index in [2.05, 4.69) is 0 Å². The molecule has 0 radical (unpaired) electrons. The third-order valence-electron chi connectivity index (χ3n) is 6.20. The zero-order valence-corrected chi connectivity index (χ0v) is 19.1. The summed E-state index contributed by atoms with van der Waals surface area (Å²) in [4.78, 5) is 63.7. The van der Waals surface area contributed by atoms with Crippen LogP contribution in [0.3, 0.4) is 0 Å². The van der Waals surface area contributed by atoms with Crippen molar-refractivity contribution in [1.82, 2.24) is 9.21 Å². The number of β-lactam (4-membered cyclic amide) rings is 4. The molecule has 1 spiro atoms. The lowest BCUT2D eigenvalue weighted by Gasteiger charge is -2.52. The van der Waals surface area contributed by atoms with E-state index < -0.39 is 44.9 Å². The summed E-state index contributed by atoms with van der Waals surface area (Å²) < 4.78 is 27.5. The molecule has 2 aliphatic rings. The first-order valence-electron chi connectivity index (χ1n) is 9.53. The van der Waals surface area contributed by atoms with Crippen LogP contribution >= 0.6 is 0 Å². The molecule has 2 saturated heterocycles. The van der Waals surface area contributed by atoms with Gasteiger partial charge in [0.05, 0.1) is 10.6 Å². The van der Waals surface area contributed by atoms with Crippen LogP contribution < -0.4 is 4.90 Å². The number of sulfonamides is 1. The van der Waals surface area contributed by atoms with Gasteiger partial charge in [0.15, 0.2) is 5.78 Å². The number of anilines is 1. The molecular formula is C20H23N3O7S. The monoisotopic (exact) mass is 449 g/mol. The van der Waals surface area contributed by atoms with E-state index in [1.807, 2.05) is 0 Å². The molecule has 0 bridgehead atoms. The van der Waals surface area contributed by atoms with Crippen LogP contribution in [-0.2, 0) is 29.2 Å². The maximum atomic E-state index is 13.2. The summed E-state index contributed by atoms with van der Waals surface area (Å²) in [5.74, 6) is -4.33. The fourth-order valence-electron chi connectivity index (χ4n) is 4.19. The van der Waals surface area contributed by atoms with Crippen LogP contribution in [0.25, 0.3) is 0 Å². The number of amides is 4. The van der Waals surface area contributed by atoms with Crippen molar-refractivity contribution in [3.8, 4) is 0 Å². The van der Waals surface area contributed by atoms with Gasteiger partial charge in [0.25, 0.3) is 29.0 Å². The Kier molecular flexibility index (Phi) is 4.99. The number of rotatable bonds is 5. The third-order valence-corrected chi connectivity index (χ3v) is 8.31. The van der Waals surface area contributed by atoms with Gasteiger partial charge in [0.2, 0.25) is 10.0 Å². The molecule has 0 N–H and O–H groups in total. The number of likely N-dealkylation sites (tertiary alicyclic amines) is 1. The van der Waals surface area contributed by atoms with Gasteiger partial charge in [-0.05, 0) is 44.4 Å². The highest BCUT2D eigenvalue weighted by Crippen LogP contribution is 2.49. The first-order chi connectivity index (χ1) is 14.2. The predicted molar refractivity (Wildman–Crippen MR) is 109 cm³/mol. The van der Waals surface area contributed by atoms with E-state index in [0.717, 1.165) is 4.31 Å². The van der Waals surface area contributed by atoms with Gasteiger partial charge in [-0.25, -0.2) is 17.6 Å². The lowest BCUT2D eigenvalue weighted by Crippen LogP contribution is -2.84. The number of Topliss-reactive ketones (excluding diaryl/α,β-unsaturated/α-hetero) is 1. The fraction of sp³-hybridized carbons (Fsp3) is 0.450. The van der Waals surface area contributed by atoms with Crippen LogP contribution in [0.15, 0.2) is 4.90 Å². The minimum Gasteiger partial charge on any atom is -0.294 e. The van der Waals surface area contributed by atoms with E-state index in [1.165, 1.54) is 34.9 Å². The molecule has 11 heteroatoms. The van der Waals surface area contributed by atoms with Crippen LogP contribution in [-0.4, -0.2) is 67.7 Å². The number of hydrogen-bond donors (Lipinski definition) is 0. The summed E-state index contributed by atoms with van der Waals surface area (Å²) in [6.07, 6.45) is 0. The van der Waals surface area contributed by atoms with Gasteiger partial charge in [0, 0.05) is 26.2 Å². The molecule has 2 fully saturated rings. The smallest absolute Gasteiger partial charge is 0.285 e. The number of carbonyl (C=O) groups is 5. The number of carbonyl (C=O) groups excluding carboxylic acids is 5. The van der Waals surface area contributed by atoms with Gasteiger partial charge >= 0.3 is 0 Å². The van der Waals surface area contributed by atoms with E-state index in [4.69, 9.17) is 0 Å². The average molecular weight is 449 g/mol. The summed E-state index contributed by atoms with van der Waals surface area (Å²) in [7, 11) is -1.61. The zero-order valence-electron chi connectivity index (χ0n) is 18.3. The first kappa shape index (κ1) is 22.8. The Labute approximate surface area is 179 Å². The van der Waals surface area contributed by atoms with E-state index in [1.54, 1.807) is 13.8 Å². The number of imide groups is 2. The summed E-state index contributed by atoms with van der Waals surface area (Å²) in [5.41, 5.74) is -1.77. The summed E-state index contributed by atoms with van der Waals surface area (Å²) in [6.45, 7) is 7.46. The Morgan fingerprint density at radius 1 is 0.935 bits per heavy atom. The molecule has 2 aliphatic heterocycles. The fourth-order valence-corrected chi connectivity index (χ4v) is 5.88. The standard InChI is InChI=1S/C20H23N3O7S/c1-8-21(6)31(29,30)15-11(4)14(10(3)9(2)13(15)12(5)24)23-18(27)20(19(23)28)16(25)22(7)17(20)26/h8H2,1-7H3. The SMILES string of the molecule is CCN(C)S(=O)(=O)c1c(C)c(N2C(=O)C3(C(=O)N(C)C3=O)C2=O)c(C)c(C)c1C(C)=O. The third kappa shape index (κ3) is 2.47. The maximum Gasteiger partial charge on any atom is 0.285 e. The van der Waals surface area contributed by atoms with E-state index in [-0.39, 0.29) is 28.3 Å². The average Bonchev–Trinajstić information content (AvgIpc) is 2.71. The van der Waals surface area contributed by atoms with Gasteiger partial charge in [-0.3, -0.25) is 28.9 Å². The largest absolute Gasteiger partial charge is 0.294 e. The van der Waals surface area contributed by atoms with Gasteiger partial charge in [-0.1, -0.05) is 6.92 Å². The molecule has 0 saturated carbocycles. The molecule has 0 aromatic heterocycles. The lowest BCUT2D eigenvalue weighted by molar-refractivity contribution is -0.184. The molecule has 3 rings (SSSR count). The van der Waals surface area contributed by atoms with Crippen molar-refractivity contribution in [3.05, 3.63) is 22.3 Å². The molecule has 166 valence electrons. The highest BCUT2D eigenvalue weighted by atomic mass is 32.2. The molecule has 0 atom stereocenters. The molecule has 2 heterocycles. The summed E-state index contributed by atoms with van der Waals surface area (Å²) in [5, 5.41) is 0. The zero-order chi connectivity index (χ0) is 23.8. The molecule has 1 aromatic rings. The highest BCUT2D eigenvalue weighted by molar-refractivity contribution is 7.89. The van der Waals surface area contributed by atoms with Crippen molar-refractivity contribution < 1.29 is 32.4 Å². The van der Waals surface area contributed by atoms with Crippen LogP contribution in [0.5, 0.6) is 0 Å². The highest BCUT2D eigenvalue weighted by Gasteiger charge is 2.80. The van der Waals surface area contributed by atoms with Crippen molar-refractivity contribution in [2.45, 2.75) is 39.5 Å². The Morgan fingerprint density at radius 2 is 1.42 bits per heavy atom. The topological polar surface area (TPSA) is 129 Å². The Bertz CT molecular complexity index is 1180. The van der Waals surface area contributed by atoms with Gasteiger partial charge < -0.3 is 0 Å². The quantitative estimate of drug-likeness (QED) is 0.359. The summed E-state index contributed by atoms with van der Waals surface area (Å²) >= 11 is 0. The Morgan fingerprint density at radius 3 is 1.84 bits per heavy atom. The molecule has 0 aliphatic carbocycles. The van der Waals surface area contributed by atoms with Gasteiger partial charge in [-0.2, -0.15) is 0 Å². The summed E-state index contributed by atoms with van der Waals surface area (Å²) in [6, 6.07) is 0. The normalized spacial score (nSPS) is 18.1. The molecule has 1 aromatic carbocycles. The minimum absolute atomic E-state index is 0.0234. The maximum absolute atomic E-state index is 13.2. The van der Waals surface area contributed by atoms with Crippen molar-refractivity contribution in [3.63, 3.8) is 0 Å². The van der Waals surface area contributed by atoms with Crippen LogP contribution in [0, 0.1) is 26.2 Å². The van der Waals surface area contributed by atoms with Crippen molar-refractivity contribution >= 4 is 45.1 Å². The minimum atomic E-state index is -4.14. The van der Waals surface area contributed by atoms with Gasteiger partial charge in [0.1, 0.15) is 0 Å². The van der Waals surface area contributed by atoms with Crippen LogP contribution in [0.2, 0.25) is 0 Å². The molecule has 31 heavy (non-hydrogen) atoms. The Balaban J connectivity index is 2.31. The predicted octanol–water partition coefficient (Wildman–Crippen LogP) is 0.313. The molecule has 10 nitrogen and oxygen atoms in total. The second kappa shape index (κ2) is 6.79. The van der Waals surface area contributed by atoms with Crippen molar-refractivity contribution in [1.29, 1.82) is 0 Å². The Hall–Kier alpha value is -2.92. The van der Waals surface area contributed by atoms with Gasteiger partial charge in [-0.15, -0.1) is 0 Å². The number of ketones is 1. The number of nitrogens with zero attached hydrogens (tertiary/aromatic N) is 3. The van der Waals surface area contributed by atoms with Crippen LogP contribution in [0.4, 0.5) is 5.69 Å². The first-order valence-corrected chi connectivity index (χ1v) is 11.0. The van der Waals surface area contributed by atoms with Crippen LogP contribution in [0.1, 0.15) is 40.9 Å². The second-order valence-corrected chi connectivity index (χ2v) is 9.75. The number of benzene rings is 1. The second-order valence-electron chi connectivity index (χ2n) is 7.77. The van der Waals surface area contributed by atoms with E-state index >= 15 is 0 Å². The molecular weight excluding hydrogens is 426 g/mol. The molecule has 4 amide bonds. The lowest BCUT2D eigenvalue weighted by atomic mass is 9.68. The number of hydrogen-bond acceptors (Lipinski definition) is 7. The van der Waals surface area contributed by atoms with E-state index in [9.17, 15) is 32.4 Å².